The highest BCUT2D eigenvalue weighted by Gasteiger charge is 2.17. The van der Waals surface area contributed by atoms with Crippen molar-refractivity contribution in [2.24, 2.45) is 0 Å². The van der Waals surface area contributed by atoms with E-state index < -0.39 is 0 Å². The molecule has 1 heterocycles. The standard InChI is InChI=1S/C15H24N4O/c20-15(17-11-6-2-1-3-7-11)16-10-14-18-12-8-4-5-9-13(12)19-14/h11H,1-10H2,(H,18,19)(H2,16,17,20). The van der Waals surface area contributed by atoms with E-state index in [1.165, 1.54) is 43.5 Å². The van der Waals surface area contributed by atoms with Crippen LogP contribution in [0.3, 0.4) is 0 Å². The van der Waals surface area contributed by atoms with Crippen LogP contribution in [0.1, 0.15) is 62.2 Å². The number of hydrogen-bond donors (Lipinski definition) is 3. The van der Waals surface area contributed by atoms with Gasteiger partial charge in [0, 0.05) is 11.7 Å². The van der Waals surface area contributed by atoms with Crippen molar-refractivity contribution in [2.45, 2.75) is 70.4 Å². The molecule has 0 radical (unpaired) electrons. The smallest absolute Gasteiger partial charge is 0.315 e. The molecule has 3 rings (SSSR count). The van der Waals surface area contributed by atoms with Gasteiger partial charge in [0.05, 0.1) is 12.2 Å². The number of rotatable bonds is 3. The van der Waals surface area contributed by atoms with Crippen LogP contribution in [0.25, 0.3) is 0 Å². The van der Waals surface area contributed by atoms with Crippen molar-refractivity contribution >= 4 is 6.03 Å². The van der Waals surface area contributed by atoms with Crippen LogP contribution in [-0.4, -0.2) is 22.0 Å². The predicted molar refractivity (Wildman–Crippen MR) is 77.5 cm³/mol. The van der Waals surface area contributed by atoms with Gasteiger partial charge >= 0.3 is 6.03 Å². The maximum absolute atomic E-state index is 11.9. The van der Waals surface area contributed by atoms with Gasteiger partial charge in [-0.2, -0.15) is 0 Å². The number of amides is 2. The molecule has 0 atom stereocenters. The van der Waals surface area contributed by atoms with Crippen molar-refractivity contribution < 1.29 is 4.79 Å². The normalized spacial score (nSPS) is 19.4. The zero-order valence-corrected chi connectivity index (χ0v) is 12.0. The fraction of sp³-hybridized carbons (Fsp3) is 0.733. The molecule has 1 aromatic rings. The summed E-state index contributed by atoms with van der Waals surface area (Å²) in [6.07, 6.45) is 10.6. The molecule has 0 bridgehead atoms. The van der Waals surface area contributed by atoms with E-state index in [9.17, 15) is 4.79 Å². The fourth-order valence-corrected chi connectivity index (χ4v) is 3.24. The first-order chi connectivity index (χ1) is 9.81. The lowest BCUT2D eigenvalue weighted by Crippen LogP contribution is -2.42. The topological polar surface area (TPSA) is 69.8 Å². The monoisotopic (exact) mass is 276 g/mol. The summed E-state index contributed by atoms with van der Waals surface area (Å²) in [5.41, 5.74) is 2.46. The van der Waals surface area contributed by atoms with E-state index in [-0.39, 0.29) is 6.03 Å². The molecular weight excluding hydrogens is 252 g/mol. The van der Waals surface area contributed by atoms with Crippen LogP contribution in [0.15, 0.2) is 0 Å². The maximum Gasteiger partial charge on any atom is 0.315 e. The molecular formula is C15H24N4O. The molecule has 0 saturated heterocycles. The quantitative estimate of drug-likeness (QED) is 0.793. The average Bonchev–Trinajstić information content (AvgIpc) is 2.89. The van der Waals surface area contributed by atoms with E-state index in [2.05, 4.69) is 20.6 Å². The van der Waals surface area contributed by atoms with Crippen molar-refractivity contribution in [2.75, 3.05) is 0 Å². The Bertz CT molecular complexity index is 439. The Morgan fingerprint density at radius 1 is 1.15 bits per heavy atom. The Kier molecular flexibility index (Phi) is 4.23. The van der Waals surface area contributed by atoms with Gasteiger partial charge in [0.2, 0.25) is 0 Å². The Hall–Kier alpha value is -1.52. The first-order valence-electron chi connectivity index (χ1n) is 7.92. The van der Waals surface area contributed by atoms with Crippen LogP contribution in [0.5, 0.6) is 0 Å². The number of fused-ring (bicyclic) bond motifs is 1. The number of nitrogens with zero attached hydrogens (tertiary/aromatic N) is 1. The van der Waals surface area contributed by atoms with Crippen molar-refractivity contribution in [3.63, 3.8) is 0 Å². The Morgan fingerprint density at radius 3 is 2.75 bits per heavy atom. The summed E-state index contributed by atoms with van der Waals surface area (Å²) < 4.78 is 0. The first kappa shape index (κ1) is 13.5. The van der Waals surface area contributed by atoms with Gasteiger partial charge in [0.15, 0.2) is 0 Å². The maximum atomic E-state index is 11.9. The number of carbonyl (C=O) groups is 1. The summed E-state index contributed by atoms with van der Waals surface area (Å²) in [6.45, 7) is 0.492. The molecule has 3 N–H and O–H groups in total. The third kappa shape index (κ3) is 3.32. The van der Waals surface area contributed by atoms with Gasteiger partial charge in [-0.3, -0.25) is 0 Å². The summed E-state index contributed by atoms with van der Waals surface area (Å²) in [5, 5.41) is 5.97. The fourth-order valence-electron chi connectivity index (χ4n) is 3.24. The SMILES string of the molecule is O=C(NCc1nc2c([nH]1)CCCC2)NC1CCCCC1. The van der Waals surface area contributed by atoms with Gasteiger partial charge in [-0.05, 0) is 38.5 Å². The molecule has 0 spiro atoms. The van der Waals surface area contributed by atoms with Crippen molar-refractivity contribution in [3.8, 4) is 0 Å². The molecule has 0 aromatic carbocycles. The molecule has 0 aliphatic heterocycles. The molecule has 1 saturated carbocycles. The first-order valence-corrected chi connectivity index (χ1v) is 7.92. The minimum atomic E-state index is -0.0636. The van der Waals surface area contributed by atoms with Crippen LogP contribution in [0.2, 0.25) is 0 Å². The summed E-state index contributed by atoms with van der Waals surface area (Å²) in [4.78, 5) is 19.8. The highest BCUT2D eigenvalue weighted by molar-refractivity contribution is 5.74. The number of H-pyrrole nitrogens is 1. The molecule has 20 heavy (non-hydrogen) atoms. The van der Waals surface area contributed by atoms with Gasteiger partial charge in [-0.25, -0.2) is 9.78 Å². The van der Waals surface area contributed by atoms with Crippen molar-refractivity contribution in [1.29, 1.82) is 0 Å². The second-order valence-electron chi connectivity index (χ2n) is 5.98. The van der Waals surface area contributed by atoms with E-state index in [1.807, 2.05) is 0 Å². The van der Waals surface area contributed by atoms with Gasteiger partial charge in [0.1, 0.15) is 5.82 Å². The van der Waals surface area contributed by atoms with E-state index in [0.29, 0.717) is 12.6 Å². The highest BCUT2D eigenvalue weighted by atomic mass is 16.2. The van der Waals surface area contributed by atoms with Gasteiger partial charge in [-0.1, -0.05) is 19.3 Å². The third-order valence-corrected chi connectivity index (χ3v) is 4.36. The van der Waals surface area contributed by atoms with Crippen LogP contribution >= 0.6 is 0 Å². The zero-order chi connectivity index (χ0) is 13.8. The average molecular weight is 276 g/mol. The molecule has 2 aliphatic rings. The Labute approximate surface area is 119 Å². The Morgan fingerprint density at radius 2 is 1.95 bits per heavy atom. The van der Waals surface area contributed by atoms with Crippen LogP contribution in [0.4, 0.5) is 4.79 Å². The summed E-state index contributed by atoms with van der Waals surface area (Å²) in [6, 6.07) is 0.292. The highest BCUT2D eigenvalue weighted by Crippen LogP contribution is 2.19. The van der Waals surface area contributed by atoms with E-state index in [0.717, 1.165) is 31.5 Å². The second-order valence-corrected chi connectivity index (χ2v) is 5.98. The summed E-state index contributed by atoms with van der Waals surface area (Å²) in [5.74, 6) is 0.885. The van der Waals surface area contributed by atoms with Gasteiger partial charge in [-0.15, -0.1) is 0 Å². The lowest BCUT2D eigenvalue weighted by molar-refractivity contribution is 0.232. The number of imidazole rings is 1. The summed E-state index contributed by atoms with van der Waals surface area (Å²) >= 11 is 0. The minimum absolute atomic E-state index is 0.0636. The van der Waals surface area contributed by atoms with Crippen LogP contribution in [0, 0.1) is 0 Å². The lowest BCUT2D eigenvalue weighted by Gasteiger charge is -2.22. The number of aromatic nitrogens is 2. The van der Waals surface area contributed by atoms with E-state index in [4.69, 9.17) is 0 Å². The van der Waals surface area contributed by atoms with Crippen molar-refractivity contribution in [1.82, 2.24) is 20.6 Å². The number of carbonyl (C=O) groups excluding carboxylic acids is 1. The molecule has 110 valence electrons. The molecule has 1 aromatic heterocycles. The molecule has 0 unspecified atom stereocenters. The van der Waals surface area contributed by atoms with E-state index in [1.54, 1.807) is 0 Å². The van der Waals surface area contributed by atoms with Crippen molar-refractivity contribution in [3.05, 3.63) is 17.2 Å². The third-order valence-electron chi connectivity index (χ3n) is 4.36. The lowest BCUT2D eigenvalue weighted by atomic mass is 9.96. The minimum Gasteiger partial charge on any atom is -0.344 e. The van der Waals surface area contributed by atoms with Crippen LogP contribution in [-0.2, 0) is 19.4 Å². The largest absolute Gasteiger partial charge is 0.344 e. The Balaban J connectivity index is 1.46. The molecule has 5 heteroatoms. The molecule has 2 aliphatic carbocycles. The zero-order valence-electron chi connectivity index (χ0n) is 12.0. The number of hydrogen-bond acceptors (Lipinski definition) is 2. The van der Waals surface area contributed by atoms with Crippen LogP contribution < -0.4 is 10.6 Å². The second kappa shape index (κ2) is 6.29. The number of aryl methyl sites for hydroxylation is 2. The number of nitrogens with one attached hydrogen (secondary N) is 3. The number of aromatic amines is 1. The van der Waals surface area contributed by atoms with E-state index >= 15 is 0 Å². The summed E-state index contributed by atoms with van der Waals surface area (Å²) in [7, 11) is 0. The van der Waals surface area contributed by atoms with Gasteiger partial charge in [0.25, 0.3) is 0 Å². The number of urea groups is 1. The molecule has 5 nitrogen and oxygen atoms in total. The van der Waals surface area contributed by atoms with Gasteiger partial charge < -0.3 is 15.6 Å². The predicted octanol–water partition coefficient (Wildman–Crippen LogP) is 2.42. The molecule has 2 amide bonds. The molecule has 1 fully saturated rings.